The van der Waals surface area contributed by atoms with Gasteiger partial charge < -0.3 is 19.0 Å². The van der Waals surface area contributed by atoms with E-state index in [4.69, 9.17) is 8.94 Å². The molecule has 28 heavy (non-hydrogen) atoms. The minimum Gasteiger partial charge on any atom is -0.461 e. The number of amides is 1. The largest absolute Gasteiger partial charge is 0.573 e. The maximum atomic E-state index is 12.2. The van der Waals surface area contributed by atoms with E-state index in [0.29, 0.717) is 23.0 Å². The zero-order valence-corrected chi connectivity index (χ0v) is 14.7. The number of hydrogen-bond donors (Lipinski definition) is 1. The van der Waals surface area contributed by atoms with Crippen LogP contribution in [0, 0.1) is 0 Å². The Bertz CT molecular complexity index is 905. The van der Waals surface area contributed by atoms with E-state index in [0.717, 1.165) is 0 Å². The molecule has 0 aliphatic carbocycles. The van der Waals surface area contributed by atoms with E-state index in [2.05, 4.69) is 20.2 Å². The van der Waals surface area contributed by atoms with Crippen molar-refractivity contribution < 1.29 is 31.6 Å². The van der Waals surface area contributed by atoms with Gasteiger partial charge in [-0.25, -0.2) is 0 Å². The quantitative estimate of drug-likeness (QED) is 0.649. The average molecular weight is 395 g/mol. The van der Waals surface area contributed by atoms with E-state index in [-0.39, 0.29) is 24.5 Å². The zero-order chi connectivity index (χ0) is 20.1. The van der Waals surface area contributed by atoms with Crippen molar-refractivity contribution in [2.24, 2.45) is 0 Å². The first-order valence-electron chi connectivity index (χ1n) is 8.32. The van der Waals surface area contributed by atoms with Crippen molar-refractivity contribution in [3.05, 3.63) is 54.1 Å². The minimum atomic E-state index is -4.74. The molecular weight excluding hydrogens is 379 g/mol. The molecule has 0 aliphatic heterocycles. The Morgan fingerprint density at radius 1 is 1.25 bits per heavy atom. The van der Waals surface area contributed by atoms with Crippen molar-refractivity contribution in [2.45, 2.75) is 32.2 Å². The van der Waals surface area contributed by atoms with Crippen LogP contribution < -0.4 is 10.1 Å². The molecule has 148 valence electrons. The summed E-state index contributed by atoms with van der Waals surface area (Å²) in [6.45, 7) is 1.72. The second-order valence-electron chi connectivity index (χ2n) is 5.90. The molecular formula is C18H16F3N3O4. The number of ether oxygens (including phenoxy) is 1. The highest BCUT2D eigenvalue weighted by molar-refractivity contribution is 5.76. The van der Waals surface area contributed by atoms with Gasteiger partial charge in [0.05, 0.1) is 12.3 Å². The van der Waals surface area contributed by atoms with Gasteiger partial charge in [-0.15, -0.1) is 13.2 Å². The first-order valence-corrected chi connectivity index (χ1v) is 8.32. The number of carbonyl (C=O) groups excluding carboxylic acids is 1. The summed E-state index contributed by atoms with van der Waals surface area (Å²) in [7, 11) is 0. The van der Waals surface area contributed by atoms with E-state index in [1.54, 1.807) is 19.1 Å². The lowest BCUT2D eigenvalue weighted by molar-refractivity contribution is -0.274. The number of halogens is 3. The van der Waals surface area contributed by atoms with Gasteiger partial charge in [-0.1, -0.05) is 17.3 Å². The number of furan rings is 1. The van der Waals surface area contributed by atoms with Crippen LogP contribution in [0.25, 0.3) is 11.6 Å². The zero-order valence-electron chi connectivity index (χ0n) is 14.7. The molecule has 3 aromatic rings. The molecule has 0 aliphatic rings. The number of aromatic nitrogens is 2. The van der Waals surface area contributed by atoms with Gasteiger partial charge in [0.2, 0.25) is 17.6 Å². The number of rotatable bonds is 7. The van der Waals surface area contributed by atoms with Crippen molar-refractivity contribution in [2.75, 3.05) is 0 Å². The summed E-state index contributed by atoms with van der Waals surface area (Å²) >= 11 is 0. The first kappa shape index (κ1) is 19.5. The fourth-order valence-corrected chi connectivity index (χ4v) is 2.44. The third kappa shape index (κ3) is 5.35. The number of aryl methyl sites for hydroxylation is 1. The van der Waals surface area contributed by atoms with Gasteiger partial charge in [-0.05, 0) is 36.8 Å². The third-order valence-electron chi connectivity index (χ3n) is 3.77. The predicted octanol–water partition coefficient (Wildman–Crippen LogP) is 4.04. The van der Waals surface area contributed by atoms with Gasteiger partial charge in [0.15, 0.2) is 5.76 Å². The van der Waals surface area contributed by atoms with Gasteiger partial charge in [0.25, 0.3) is 0 Å². The summed E-state index contributed by atoms with van der Waals surface area (Å²) in [6, 6.07) is 8.30. The Balaban J connectivity index is 1.49. The molecule has 0 fully saturated rings. The highest BCUT2D eigenvalue weighted by Gasteiger charge is 2.31. The monoisotopic (exact) mass is 395 g/mol. The lowest BCUT2D eigenvalue weighted by Gasteiger charge is -2.15. The van der Waals surface area contributed by atoms with E-state index in [9.17, 15) is 18.0 Å². The molecule has 10 heteroatoms. The Morgan fingerprint density at radius 3 is 2.64 bits per heavy atom. The highest BCUT2D eigenvalue weighted by Crippen LogP contribution is 2.24. The molecule has 3 rings (SSSR count). The summed E-state index contributed by atoms with van der Waals surface area (Å²) < 4.78 is 50.6. The van der Waals surface area contributed by atoms with Crippen molar-refractivity contribution in [3.63, 3.8) is 0 Å². The average Bonchev–Trinajstić information content (AvgIpc) is 3.30. The molecule has 1 amide bonds. The standard InChI is InChI=1S/C18H16F3N3O4/c1-11(12-4-6-13(7-5-12)27-18(19,20)21)22-15(25)8-9-16-23-17(24-28-16)14-3-2-10-26-14/h2-7,10-11H,8-9H2,1H3,(H,22,25). The van der Waals surface area contributed by atoms with Crippen LogP contribution in [0.4, 0.5) is 13.2 Å². The van der Waals surface area contributed by atoms with Crippen LogP contribution in [0.2, 0.25) is 0 Å². The number of hydrogen-bond acceptors (Lipinski definition) is 6. The molecule has 1 aromatic carbocycles. The van der Waals surface area contributed by atoms with E-state index in [1.165, 1.54) is 30.5 Å². The predicted molar refractivity (Wildman–Crippen MR) is 90.0 cm³/mol. The van der Waals surface area contributed by atoms with Crippen LogP contribution in [0.15, 0.2) is 51.6 Å². The molecule has 1 N–H and O–H groups in total. The summed E-state index contributed by atoms with van der Waals surface area (Å²) in [6.07, 6.45) is -2.90. The third-order valence-corrected chi connectivity index (χ3v) is 3.77. The number of nitrogens with zero attached hydrogens (tertiary/aromatic N) is 2. The molecule has 1 atom stereocenters. The number of alkyl halides is 3. The maximum absolute atomic E-state index is 12.2. The molecule has 2 aromatic heterocycles. The molecule has 0 bridgehead atoms. The molecule has 2 heterocycles. The van der Waals surface area contributed by atoms with Crippen molar-refractivity contribution in [1.82, 2.24) is 15.5 Å². The Morgan fingerprint density at radius 2 is 2.00 bits per heavy atom. The van der Waals surface area contributed by atoms with Crippen LogP contribution in [0.3, 0.4) is 0 Å². The summed E-state index contributed by atoms with van der Waals surface area (Å²) in [4.78, 5) is 16.2. The fraction of sp³-hybridized carbons (Fsp3) is 0.278. The Kier molecular flexibility index (Phi) is 5.67. The van der Waals surface area contributed by atoms with Gasteiger partial charge in [-0.3, -0.25) is 4.79 Å². The van der Waals surface area contributed by atoms with Crippen LogP contribution in [0.5, 0.6) is 5.75 Å². The highest BCUT2D eigenvalue weighted by atomic mass is 19.4. The summed E-state index contributed by atoms with van der Waals surface area (Å²) in [5.41, 5.74) is 0.640. The van der Waals surface area contributed by atoms with Crippen molar-refractivity contribution >= 4 is 5.91 Å². The van der Waals surface area contributed by atoms with Gasteiger partial charge >= 0.3 is 6.36 Å². The topological polar surface area (TPSA) is 90.4 Å². The normalized spacial score (nSPS) is 12.6. The minimum absolute atomic E-state index is 0.111. The number of benzene rings is 1. The van der Waals surface area contributed by atoms with Gasteiger partial charge in [0, 0.05) is 12.8 Å². The Labute approximate surface area is 157 Å². The maximum Gasteiger partial charge on any atom is 0.573 e. The summed E-state index contributed by atoms with van der Waals surface area (Å²) in [5, 5.41) is 6.53. The lowest BCUT2D eigenvalue weighted by Crippen LogP contribution is -2.26. The second kappa shape index (κ2) is 8.15. The van der Waals surface area contributed by atoms with E-state index in [1.807, 2.05) is 0 Å². The number of carbonyl (C=O) groups is 1. The summed E-state index contributed by atoms with van der Waals surface area (Å²) in [5.74, 6) is 0.475. The number of nitrogens with one attached hydrogen (secondary N) is 1. The molecule has 0 radical (unpaired) electrons. The van der Waals surface area contributed by atoms with Crippen LogP contribution in [0.1, 0.15) is 30.8 Å². The van der Waals surface area contributed by atoms with Crippen LogP contribution >= 0.6 is 0 Å². The fourth-order valence-electron chi connectivity index (χ4n) is 2.44. The SMILES string of the molecule is CC(NC(=O)CCc1nc(-c2ccco2)no1)c1ccc(OC(F)(F)F)cc1. The van der Waals surface area contributed by atoms with Gasteiger partial charge in [-0.2, -0.15) is 4.98 Å². The lowest BCUT2D eigenvalue weighted by atomic mass is 10.1. The van der Waals surface area contributed by atoms with Crippen LogP contribution in [-0.2, 0) is 11.2 Å². The molecule has 0 saturated heterocycles. The van der Waals surface area contributed by atoms with E-state index < -0.39 is 12.4 Å². The van der Waals surface area contributed by atoms with Gasteiger partial charge in [0.1, 0.15) is 5.75 Å². The first-order chi connectivity index (χ1) is 13.3. The van der Waals surface area contributed by atoms with Crippen molar-refractivity contribution in [3.8, 4) is 17.3 Å². The molecule has 7 nitrogen and oxygen atoms in total. The Hall–Kier alpha value is -3.30. The molecule has 0 spiro atoms. The van der Waals surface area contributed by atoms with Crippen molar-refractivity contribution in [1.29, 1.82) is 0 Å². The smallest absolute Gasteiger partial charge is 0.461 e. The molecule has 0 saturated carbocycles. The van der Waals surface area contributed by atoms with Crippen LogP contribution in [-0.4, -0.2) is 22.4 Å². The molecule has 1 unspecified atom stereocenters. The van der Waals surface area contributed by atoms with E-state index >= 15 is 0 Å². The second-order valence-corrected chi connectivity index (χ2v) is 5.90.